The van der Waals surface area contributed by atoms with E-state index in [0.717, 1.165) is 11.3 Å². The van der Waals surface area contributed by atoms with Crippen LogP contribution in [-0.4, -0.2) is 20.4 Å². The molecule has 2 rings (SSSR count). The average molecular weight is 305 g/mol. The number of nitrogens with one attached hydrogen (secondary N) is 2. The molecule has 0 atom stereocenters. The number of nitrogens with zero attached hydrogens (tertiary/aromatic N) is 1. The van der Waals surface area contributed by atoms with Gasteiger partial charge in [-0.25, -0.2) is 13.1 Å². The summed E-state index contributed by atoms with van der Waals surface area (Å²) in [7, 11) is -1.77. The van der Waals surface area contributed by atoms with Crippen LogP contribution in [0.2, 0.25) is 0 Å². The molecule has 0 unspecified atom stereocenters. The first-order valence-corrected chi connectivity index (χ1v) is 8.16. The van der Waals surface area contributed by atoms with Crippen molar-refractivity contribution in [2.24, 2.45) is 0 Å². The first-order chi connectivity index (χ1) is 10.0. The molecule has 0 amide bonds. The number of hydrogen-bond acceptors (Lipinski definition) is 4. The standard InChI is InChI=1S/C15H19N3O2S/c1-12-6-5-8-14(18-12)11-17-21(19,20)15-9-4-3-7-13(15)10-16-2/h3-9,16-17H,10-11H2,1-2H3. The number of pyridine rings is 1. The van der Waals surface area contributed by atoms with Crippen LogP contribution in [0.4, 0.5) is 0 Å². The Balaban J connectivity index is 2.19. The second kappa shape index (κ2) is 6.80. The van der Waals surface area contributed by atoms with Crippen molar-refractivity contribution < 1.29 is 8.42 Å². The molecule has 0 aliphatic heterocycles. The van der Waals surface area contributed by atoms with E-state index in [2.05, 4.69) is 15.0 Å². The van der Waals surface area contributed by atoms with E-state index in [-0.39, 0.29) is 6.54 Å². The smallest absolute Gasteiger partial charge is 0.241 e. The van der Waals surface area contributed by atoms with Crippen molar-refractivity contribution in [3.8, 4) is 0 Å². The fraction of sp³-hybridized carbons (Fsp3) is 0.267. The molecule has 5 nitrogen and oxygen atoms in total. The van der Waals surface area contributed by atoms with E-state index >= 15 is 0 Å². The van der Waals surface area contributed by atoms with Crippen LogP contribution in [0.5, 0.6) is 0 Å². The van der Waals surface area contributed by atoms with Gasteiger partial charge in [-0.1, -0.05) is 24.3 Å². The summed E-state index contributed by atoms with van der Waals surface area (Å²) in [6.07, 6.45) is 0. The molecule has 0 saturated carbocycles. The van der Waals surface area contributed by atoms with Crippen molar-refractivity contribution in [3.05, 3.63) is 59.4 Å². The maximum Gasteiger partial charge on any atom is 0.241 e. The molecule has 1 heterocycles. The summed E-state index contributed by atoms with van der Waals surface area (Å²) in [5.41, 5.74) is 2.30. The summed E-state index contributed by atoms with van der Waals surface area (Å²) >= 11 is 0. The molecule has 0 aliphatic carbocycles. The van der Waals surface area contributed by atoms with Gasteiger partial charge in [-0.2, -0.15) is 0 Å². The van der Waals surface area contributed by atoms with Crippen LogP contribution in [0.3, 0.4) is 0 Å². The van der Waals surface area contributed by atoms with E-state index in [0.29, 0.717) is 17.1 Å². The summed E-state index contributed by atoms with van der Waals surface area (Å²) in [5, 5.41) is 2.97. The Morgan fingerprint density at radius 2 is 1.81 bits per heavy atom. The van der Waals surface area contributed by atoms with E-state index in [1.807, 2.05) is 25.1 Å². The molecule has 2 aromatic rings. The number of aryl methyl sites for hydroxylation is 1. The van der Waals surface area contributed by atoms with Crippen molar-refractivity contribution >= 4 is 10.0 Å². The second-order valence-corrected chi connectivity index (χ2v) is 6.47. The SMILES string of the molecule is CNCc1ccccc1S(=O)(=O)NCc1cccc(C)n1. The lowest BCUT2D eigenvalue weighted by Crippen LogP contribution is -2.25. The predicted octanol–water partition coefficient (Wildman–Crippen LogP) is 1.59. The monoisotopic (exact) mass is 305 g/mol. The molecule has 1 aromatic heterocycles. The Bertz CT molecular complexity index is 714. The fourth-order valence-electron chi connectivity index (χ4n) is 2.05. The van der Waals surface area contributed by atoms with Gasteiger partial charge in [0.25, 0.3) is 0 Å². The molecule has 6 heteroatoms. The highest BCUT2D eigenvalue weighted by Gasteiger charge is 2.17. The molecule has 21 heavy (non-hydrogen) atoms. The first kappa shape index (κ1) is 15.6. The van der Waals surface area contributed by atoms with E-state index in [1.165, 1.54) is 0 Å². The van der Waals surface area contributed by atoms with Gasteiger partial charge in [-0.15, -0.1) is 0 Å². The molecule has 0 saturated heterocycles. The van der Waals surface area contributed by atoms with Crippen LogP contribution in [0.15, 0.2) is 47.4 Å². The lowest BCUT2D eigenvalue weighted by Gasteiger charge is -2.11. The van der Waals surface area contributed by atoms with Crippen molar-refractivity contribution in [1.82, 2.24) is 15.0 Å². The zero-order valence-corrected chi connectivity index (χ0v) is 12.9. The third-order valence-electron chi connectivity index (χ3n) is 3.02. The number of aromatic nitrogens is 1. The molecule has 0 spiro atoms. The maximum atomic E-state index is 12.4. The predicted molar refractivity (Wildman–Crippen MR) is 82.2 cm³/mol. The Labute approximate surface area is 125 Å². The summed E-state index contributed by atoms with van der Waals surface area (Å²) in [6, 6.07) is 12.5. The third kappa shape index (κ3) is 4.10. The van der Waals surface area contributed by atoms with Gasteiger partial charge in [0, 0.05) is 12.2 Å². The van der Waals surface area contributed by atoms with Crippen LogP contribution in [0.1, 0.15) is 17.0 Å². The minimum Gasteiger partial charge on any atom is -0.316 e. The Hall–Kier alpha value is -1.76. The van der Waals surface area contributed by atoms with Crippen molar-refractivity contribution in [2.75, 3.05) is 7.05 Å². The van der Waals surface area contributed by atoms with Gasteiger partial charge in [0.1, 0.15) is 0 Å². The number of hydrogen-bond donors (Lipinski definition) is 2. The highest BCUT2D eigenvalue weighted by molar-refractivity contribution is 7.89. The largest absolute Gasteiger partial charge is 0.316 e. The highest BCUT2D eigenvalue weighted by Crippen LogP contribution is 2.15. The third-order valence-corrected chi connectivity index (χ3v) is 4.52. The molecule has 2 N–H and O–H groups in total. The Morgan fingerprint density at radius 1 is 1.05 bits per heavy atom. The molecule has 112 valence electrons. The van der Waals surface area contributed by atoms with Crippen LogP contribution in [0, 0.1) is 6.92 Å². The zero-order chi connectivity index (χ0) is 15.3. The van der Waals surface area contributed by atoms with E-state index in [9.17, 15) is 8.42 Å². The van der Waals surface area contributed by atoms with Gasteiger partial charge < -0.3 is 5.32 Å². The fourth-order valence-corrected chi connectivity index (χ4v) is 3.28. The molecular formula is C15H19N3O2S. The Kier molecular flexibility index (Phi) is 5.06. The van der Waals surface area contributed by atoms with Gasteiger partial charge in [-0.05, 0) is 37.7 Å². The quantitative estimate of drug-likeness (QED) is 0.850. The lowest BCUT2D eigenvalue weighted by molar-refractivity contribution is 0.578. The first-order valence-electron chi connectivity index (χ1n) is 6.67. The van der Waals surface area contributed by atoms with E-state index < -0.39 is 10.0 Å². The van der Waals surface area contributed by atoms with E-state index in [1.54, 1.807) is 31.3 Å². The molecule has 1 aromatic carbocycles. The van der Waals surface area contributed by atoms with Gasteiger partial charge >= 0.3 is 0 Å². The average Bonchev–Trinajstić information content (AvgIpc) is 2.46. The maximum absolute atomic E-state index is 12.4. The molecule has 0 radical (unpaired) electrons. The van der Waals surface area contributed by atoms with E-state index in [4.69, 9.17) is 0 Å². The lowest BCUT2D eigenvalue weighted by atomic mass is 10.2. The summed E-state index contributed by atoms with van der Waals surface area (Å²) < 4.78 is 27.4. The highest BCUT2D eigenvalue weighted by atomic mass is 32.2. The second-order valence-electron chi connectivity index (χ2n) is 4.73. The molecular weight excluding hydrogens is 286 g/mol. The molecule has 0 aliphatic rings. The number of sulfonamides is 1. The zero-order valence-electron chi connectivity index (χ0n) is 12.1. The van der Waals surface area contributed by atoms with Gasteiger partial charge in [-0.3, -0.25) is 4.98 Å². The van der Waals surface area contributed by atoms with Crippen molar-refractivity contribution in [2.45, 2.75) is 24.9 Å². The molecule has 0 fully saturated rings. The summed E-state index contributed by atoms with van der Waals surface area (Å²) in [5.74, 6) is 0. The normalized spacial score (nSPS) is 11.5. The van der Waals surface area contributed by atoms with Crippen LogP contribution >= 0.6 is 0 Å². The van der Waals surface area contributed by atoms with Gasteiger partial charge in [0.2, 0.25) is 10.0 Å². The molecule has 0 bridgehead atoms. The van der Waals surface area contributed by atoms with Gasteiger partial charge in [0.05, 0.1) is 17.1 Å². The minimum absolute atomic E-state index is 0.178. The minimum atomic E-state index is -3.55. The summed E-state index contributed by atoms with van der Waals surface area (Å²) in [4.78, 5) is 4.59. The summed E-state index contributed by atoms with van der Waals surface area (Å²) in [6.45, 7) is 2.55. The van der Waals surface area contributed by atoms with Crippen LogP contribution in [-0.2, 0) is 23.1 Å². The van der Waals surface area contributed by atoms with Crippen molar-refractivity contribution in [3.63, 3.8) is 0 Å². The van der Waals surface area contributed by atoms with Gasteiger partial charge in [0.15, 0.2) is 0 Å². The van der Waals surface area contributed by atoms with Crippen LogP contribution < -0.4 is 10.0 Å². The number of rotatable bonds is 6. The Morgan fingerprint density at radius 3 is 2.52 bits per heavy atom. The topological polar surface area (TPSA) is 71.1 Å². The van der Waals surface area contributed by atoms with Crippen molar-refractivity contribution in [1.29, 1.82) is 0 Å². The van der Waals surface area contributed by atoms with Crippen LogP contribution in [0.25, 0.3) is 0 Å². The number of benzene rings is 1.